The molecule has 0 N–H and O–H groups in total. The molecule has 0 aromatic carbocycles. The van der Waals surface area contributed by atoms with E-state index in [9.17, 15) is 0 Å². The Balaban J connectivity index is 4.38. The molecule has 0 aliphatic rings. The highest BCUT2D eigenvalue weighted by molar-refractivity contribution is 7.80. The van der Waals surface area contributed by atoms with Gasteiger partial charge in [-0.2, -0.15) is 37.9 Å². The van der Waals surface area contributed by atoms with E-state index in [2.05, 4.69) is 44.8 Å². The topological polar surface area (TPSA) is 0 Å². The standard InChI is InChI=1S/C16H34S3/c1-2-3-4-5-9-16(10-6-13-17,11-7-14-18)12-8-15-19/h17-19H,2-15H2,1H3. The van der Waals surface area contributed by atoms with Crippen molar-refractivity contribution < 1.29 is 0 Å². The molecule has 3 heteroatoms. The van der Waals surface area contributed by atoms with Crippen molar-refractivity contribution in [1.29, 1.82) is 0 Å². The van der Waals surface area contributed by atoms with Crippen LogP contribution in [0.25, 0.3) is 0 Å². The van der Waals surface area contributed by atoms with Crippen LogP contribution in [-0.2, 0) is 0 Å². The molecule has 0 saturated carbocycles. The molecule has 0 aliphatic carbocycles. The van der Waals surface area contributed by atoms with Crippen molar-refractivity contribution in [2.75, 3.05) is 17.3 Å². The van der Waals surface area contributed by atoms with Crippen LogP contribution < -0.4 is 0 Å². The van der Waals surface area contributed by atoms with Gasteiger partial charge in [-0.25, -0.2) is 0 Å². The zero-order valence-electron chi connectivity index (χ0n) is 12.7. The van der Waals surface area contributed by atoms with Crippen molar-refractivity contribution in [1.82, 2.24) is 0 Å². The molecule has 0 aliphatic heterocycles. The molecular formula is C16H34S3. The van der Waals surface area contributed by atoms with Crippen molar-refractivity contribution in [3.05, 3.63) is 0 Å². The normalized spacial score (nSPS) is 12.0. The number of rotatable bonds is 14. The molecular weight excluding hydrogens is 288 g/mol. The van der Waals surface area contributed by atoms with E-state index in [4.69, 9.17) is 0 Å². The zero-order chi connectivity index (χ0) is 14.4. The minimum absolute atomic E-state index is 0.557. The highest BCUT2D eigenvalue weighted by Gasteiger charge is 2.27. The Bertz CT molecular complexity index is 161. The molecule has 0 saturated heterocycles. The van der Waals surface area contributed by atoms with E-state index in [1.54, 1.807) is 0 Å². The molecule has 0 nitrogen and oxygen atoms in total. The lowest BCUT2D eigenvalue weighted by molar-refractivity contribution is 0.187. The molecule has 0 amide bonds. The van der Waals surface area contributed by atoms with Gasteiger partial charge in [-0.15, -0.1) is 0 Å². The molecule has 0 atom stereocenters. The Morgan fingerprint density at radius 3 is 1.37 bits per heavy atom. The van der Waals surface area contributed by atoms with Crippen molar-refractivity contribution in [3.8, 4) is 0 Å². The first kappa shape index (κ1) is 20.1. The Kier molecular flexibility index (Phi) is 14.8. The summed E-state index contributed by atoms with van der Waals surface area (Å²) in [7, 11) is 0. The number of hydrogen-bond acceptors (Lipinski definition) is 3. The fourth-order valence-corrected chi connectivity index (χ4v) is 3.51. The third-order valence-corrected chi connectivity index (χ3v) is 5.11. The summed E-state index contributed by atoms with van der Waals surface area (Å²) in [5.41, 5.74) is 0.557. The number of hydrogen-bond donors (Lipinski definition) is 3. The fraction of sp³-hybridized carbons (Fsp3) is 1.00. The molecule has 0 rings (SSSR count). The van der Waals surface area contributed by atoms with Crippen molar-refractivity contribution in [3.63, 3.8) is 0 Å². The second kappa shape index (κ2) is 14.0. The maximum Gasteiger partial charge on any atom is -0.00977 e. The van der Waals surface area contributed by atoms with Gasteiger partial charge in [0.15, 0.2) is 0 Å². The average Bonchev–Trinajstić information content (AvgIpc) is 2.44. The van der Waals surface area contributed by atoms with Gasteiger partial charge in [0, 0.05) is 0 Å². The van der Waals surface area contributed by atoms with E-state index in [0.717, 1.165) is 17.3 Å². The minimum atomic E-state index is 0.557. The van der Waals surface area contributed by atoms with Crippen LogP contribution in [-0.4, -0.2) is 17.3 Å². The monoisotopic (exact) mass is 322 g/mol. The van der Waals surface area contributed by atoms with Crippen LogP contribution in [0.4, 0.5) is 0 Å². The number of thiol groups is 3. The molecule has 0 fully saturated rings. The van der Waals surface area contributed by atoms with Crippen molar-refractivity contribution >= 4 is 37.9 Å². The van der Waals surface area contributed by atoms with Gasteiger partial charge in [-0.3, -0.25) is 0 Å². The van der Waals surface area contributed by atoms with Crippen LogP contribution in [0.15, 0.2) is 0 Å². The van der Waals surface area contributed by atoms with E-state index < -0.39 is 0 Å². The lowest BCUT2D eigenvalue weighted by atomic mass is 9.72. The van der Waals surface area contributed by atoms with Crippen molar-refractivity contribution in [2.45, 2.75) is 77.6 Å². The summed E-state index contributed by atoms with van der Waals surface area (Å²) >= 11 is 13.2. The van der Waals surface area contributed by atoms with Crippen LogP contribution in [0.5, 0.6) is 0 Å². The van der Waals surface area contributed by atoms with Gasteiger partial charge in [0.2, 0.25) is 0 Å². The fourth-order valence-electron chi connectivity index (χ4n) is 3.04. The SMILES string of the molecule is CCCCCCC(CCCS)(CCCS)CCCS. The molecule has 0 radical (unpaired) electrons. The van der Waals surface area contributed by atoms with Gasteiger partial charge in [-0.1, -0.05) is 32.6 Å². The van der Waals surface area contributed by atoms with E-state index >= 15 is 0 Å². The summed E-state index contributed by atoms with van der Waals surface area (Å²) in [4.78, 5) is 0. The van der Waals surface area contributed by atoms with Gasteiger partial charge in [-0.05, 0) is 67.6 Å². The van der Waals surface area contributed by atoms with Crippen LogP contribution >= 0.6 is 37.9 Å². The second-order valence-electron chi connectivity index (χ2n) is 5.79. The van der Waals surface area contributed by atoms with E-state index in [-0.39, 0.29) is 0 Å². The van der Waals surface area contributed by atoms with Gasteiger partial charge < -0.3 is 0 Å². The Labute approximate surface area is 138 Å². The highest BCUT2D eigenvalue weighted by Crippen LogP contribution is 2.40. The first-order valence-corrected chi connectivity index (χ1v) is 9.97. The quantitative estimate of drug-likeness (QED) is 0.251. The summed E-state index contributed by atoms with van der Waals surface area (Å²) < 4.78 is 0. The van der Waals surface area contributed by atoms with Crippen molar-refractivity contribution in [2.24, 2.45) is 5.41 Å². The predicted molar refractivity (Wildman–Crippen MR) is 100 cm³/mol. The smallest absolute Gasteiger partial charge is 0.00977 e. The lowest BCUT2D eigenvalue weighted by Gasteiger charge is -2.34. The molecule has 0 aromatic rings. The van der Waals surface area contributed by atoms with E-state index in [0.29, 0.717) is 5.41 Å². The third kappa shape index (κ3) is 10.4. The van der Waals surface area contributed by atoms with Crippen LogP contribution in [0.2, 0.25) is 0 Å². The summed E-state index contributed by atoms with van der Waals surface area (Å²) in [5, 5.41) is 0. The minimum Gasteiger partial charge on any atom is -0.179 e. The molecule has 19 heavy (non-hydrogen) atoms. The highest BCUT2D eigenvalue weighted by atomic mass is 32.1. The molecule has 0 spiro atoms. The Morgan fingerprint density at radius 1 is 0.579 bits per heavy atom. The first-order valence-electron chi connectivity index (χ1n) is 8.07. The first-order chi connectivity index (χ1) is 9.24. The molecule has 0 heterocycles. The Hall–Kier alpha value is 1.05. The summed E-state index contributed by atoms with van der Waals surface area (Å²) in [5.74, 6) is 3.08. The van der Waals surface area contributed by atoms with Crippen LogP contribution in [0.1, 0.15) is 77.6 Å². The van der Waals surface area contributed by atoms with E-state index in [1.807, 2.05) is 0 Å². The second-order valence-corrected chi connectivity index (χ2v) is 7.13. The molecule has 0 unspecified atom stereocenters. The lowest BCUT2D eigenvalue weighted by Crippen LogP contribution is -2.22. The number of unbranched alkanes of at least 4 members (excludes halogenated alkanes) is 3. The van der Waals surface area contributed by atoms with Crippen LogP contribution in [0, 0.1) is 5.41 Å². The van der Waals surface area contributed by atoms with E-state index in [1.165, 1.54) is 70.6 Å². The zero-order valence-corrected chi connectivity index (χ0v) is 15.4. The van der Waals surface area contributed by atoms with Gasteiger partial charge in [0.05, 0.1) is 0 Å². The summed E-state index contributed by atoms with van der Waals surface area (Å²) in [6.45, 7) is 2.29. The summed E-state index contributed by atoms with van der Waals surface area (Å²) in [6.07, 6.45) is 14.8. The maximum atomic E-state index is 4.41. The maximum absolute atomic E-state index is 4.41. The average molecular weight is 323 g/mol. The summed E-state index contributed by atoms with van der Waals surface area (Å²) in [6, 6.07) is 0. The molecule has 116 valence electrons. The molecule has 0 bridgehead atoms. The Morgan fingerprint density at radius 2 is 1.00 bits per heavy atom. The van der Waals surface area contributed by atoms with Gasteiger partial charge in [0.25, 0.3) is 0 Å². The third-order valence-electron chi connectivity index (χ3n) is 4.16. The van der Waals surface area contributed by atoms with Gasteiger partial charge in [0.1, 0.15) is 0 Å². The van der Waals surface area contributed by atoms with Gasteiger partial charge >= 0.3 is 0 Å². The van der Waals surface area contributed by atoms with Crippen LogP contribution in [0.3, 0.4) is 0 Å². The largest absolute Gasteiger partial charge is 0.179 e. The predicted octanol–water partition coefficient (Wildman–Crippen LogP) is 6.07. The molecule has 0 aromatic heterocycles.